The molecule has 0 saturated carbocycles. The van der Waals surface area contributed by atoms with Crippen molar-refractivity contribution >= 4 is 11.4 Å². The summed E-state index contributed by atoms with van der Waals surface area (Å²) in [5.41, 5.74) is 11.4. The molecule has 0 radical (unpaired) electrons. The van der Waals surface area contributed by atoms with Crippen LogP contribution in [0.3, 0.4) is 0 Å². The Hall–Kier alpha value is -2.17. The molecule has 0 amide bonds. The Morgan fingerprint density at radius 2 is 1.39 bits per heavy atom. The summed E-state index contributed by atoms with van der Waals surface area (Å²) in [6, 6.07) is 10.5. The molecule has 0 bridgehead atoms. The van der Waals surface area contributed by atoms with Gasteiger partial charge in [0.05, 0.1) is 11.3 Å². The first kappa shape index (κ1) is 12.3. The summed E-state index contributed by atoms with van der Waals surface area (Å²) < 4.78 is 38.2. The Kier molecular flexibility index (Phi) is 2.90. The largest absolute Gasteiger partial charge is 0.418 e. The number of rotatable bonds is 1. The molecule has 2 aromatic rings. The van der Waals surface area contributed by atoms with Gasteiger partial charge in [-0.2, -0.15) is 13.2 Å². The lowest BCUT2D eigenvalue weighted by molar-refractivity contribution is -0.136. The number of alkyl halides is 3. The van der Waals surface area contributed by atoms with E-state index in [1.807, 2.05) is 0 Å². The number of hydrogen-bond acceptors (Lipinski definition) is 2. The fraction of sp³-hybridized carbons (Fsp3) is 0.0769. The van der Waals surface area contributed by atoms with Gasteiger partial charge in [0, 0.05) is 16.8 Å². The van der Waals surface area contributed by atoms with E-state index in [4.69, 9.17) is 11.5 Å². The maximum absolute atomic E-state index is 12.7. The predicted molar refractivity (Wildman–Crippen MR) is 65.7 cm³/mol. The summed E-state index contributed by atoms with van der Waals surface area (Å²) in [6.45, 7) is 0. The molecule has 0 saturated heterocycles. The van der Waals surface area contributed by atoms with Crippen LogP contribution in [0.15, 0.2) is 42.5 Å². The van der Waals surface area contributed by atoms with Gasteiger partial charge in [-0.1, -0.05) is 30.3 Å². The number of para-hydroxylation sites is 2. The highest BCUT2D eigenvalue weighted by atomic mass is 19.4. The first-order chi connectivity index (χ1) is 8.41. The molecule has 0 atom stereocenters. The molecule has 0 aliphatic heterocycles. The van der Waals surface area contributed by atoms with Crippen molar-refractivity contribution in [2.75, 3.05) is 11.5 Å². The van der Waals surface area contributed by atoms with E-state index < -0.39 is 11.7 Å². The number of hydrogen-bond donors (Lipinski definition) is 2. The van der Waals surface area contributed by atoms with E-state index in [-0.39, 0.29) is 5.69 Å². The second-order valence-corrected chi connectivity index (χ2v) is 3.85. The van der Waals surface area contributed by atoms with Crippen molar-refractivity contribution in [1.29, 1.82) is 0 Å². The maximum Gasteiger partial charge on any atom is 0.418 e. The number of benzene rings is 2. The van der Waals surface area contributed by atoms with Crippen LogP contribution in [-0.2, 0) is 6.18 Å². The van der Waals surface area contributed by atoms with Gasteiger partial charge in [-0.25, -0.2) is 0 Å². The van der Waals surface area contributed by atoms with Crippen LogP contribution >= 0.6 is 0 Å². The highest BCUT2D eigenvalue weighted by molar-refractivity contribution is 5.85. The van der Waals surface area contributed by atoms with Gasteiger partial charge in [0.1, 0.15) is 0 Å². The maximum atomic E-state index is 12.7. The van der Waals surface area contributed by atoms with Crippen LogP contribution < -0.4 is 11.5 Å². The molecule has 0 fully saturated rings. The first-order valence-electron chi connectivity index (χ1n) is 5.22. The molecule has 0 heterocycles. The van der Waals surface area contributed by atoms with E-state index in [9.17, 15) is 13.2 Å². The third kappa shape index (κ3) is 2.11. The highest BCUT2D eigenvalue weighted by Crippen LogP contribution is 2.39. The molecule has 2 aromatic carbocycles. The summed E-state index contributed by atoms with van der Waals surface area (Å²) in [7, 11) is 0. The average Bonchev–Trinajstić information content (AvgIpc) is 2.29. The molecule has 0 unspecified atom stereocenters. The van der Waals surface area contributed by atoms with Crippen molar-refractivity contribution in [2.45, 2.75) is 6.18 Å². The van der Waals surface area contributed by atoms with Crippen LogP contribution in [-0.4, -0.2) is 0 Å². The van der Waals surface area contributed by atoms with Crippen LogP contribution in [0.5, 0.6) is 0 Å². The zero-order chi connectivity index (χ0) is 13.3. The Morgan fingerprint density at radius 1 is 0.778 bits per heavy atom. The summed E-state index contributed by atoms with van der Waals surface area (Å²) in [5.74, 6) is 0. The molecule has 2 nitrogen and oxygen atoms in total. The zero-order valence-electron chi connectivity index (χ0n) is 9.33. The minimum Gasteiger partial charge on any atom is -0.398 e. The molecule has 18 heavy (non-hydrogen) atoms. The molecule has 0 spiro atoms. The number of halogens is 3. The van der Waals surface area contributed by atoms with Crippen molar-refractivity contribution in [3.05, 3.63) is 48.0 Å². The van der Waals surface area contributed by atoms with Gasteiger partial charge in [-0.3, -0.25) is 0 Å². The smallest absolute Gasteiger partial charge is 0.398 e. The Labute approximate surface area is 102 Å². The lowest BCUT2D eigenvalue weighted by Crippen LogP contribution is -2.09. The number of anilines is 2. The van der Waals surface area contributed by atoms with Crippen molar-refractivity contribution in [3.63, 3.8) is 0 Å². The fourth-order valence-electron chi connectivity index (χ4n) is 1.79. The predicted octanol–water partition coefficient (Wildman–Crippen LogP) is 3.54. The summed E-state index contributed by atoms with van der Waals surface area (Å²) in [4.78, 5) is 0. The lowest BCUT2D eigenvalue weighted by atomic mass is 9.99. The van der Waals surface area contributed by atoms with Gasteiger partial charge < -0.3 is 11.5 Å². The third-order valence-electron chi connectivity index (χ3n) is 2.66. The van der Waals surface area contributed by atoms with Gasteiger partial charge in [0.15, 0.2) is 0 Å². The van der Waals surface area contributed by atoms with Crippen molar-refractivity contribution < 1.29 is 13.2 Å². The number of nitrogen functional groups attached to an aromatic ring is 2. The van der Waals surface area contributed by atoms with Gasteiger partial charge in [0.2, 0.25) is 0 Å². The SMILES string of the molecule is Nc1ccccc1-c1cccc(C(F)(F)F)c1N. The van der Waals surface area contributed by atoms with Gasteiger partial charge in [0.25, 0.3) is 0 Å². The number of nitrogens with two attached hydrogens (primary N) is 2. The Bertz CT molecular complexity index is 577. The van der Waals surface area contributed by atoms with Crippen LogP contribution in [0.2, 0.25) is 0 Å². The van der Waals surface area contributed by atoms with Crippen molar-refractivity contribution in [3.8, 4) is 11.1 Å². The first-order valence-corrected chi connectivity index (χ1v) is 5.22. The van der Waals surface area contributed by atoms with Crippen molar-refractivity contribution in [1.82, 2.24) is 0 Å². The molecular formula is C13H11F3N2. The van der Waals surface area contributed by atoms with Crippen LogP contribution in [0.25, 0.3) is 11.1 Å². The summed E-state index contributed by atoms with van der Waals surface area (Å²) in [5, 5.41) is 0. The van der Waals surface area contributed by atoms with E-state index in [2.05, 4.69) is 0 Å². The van der Waals surface area contributed by atoms with Gasteiger partial charge in [-0.15, -0.1) is 0 Å². The second-order valence-electron chi connectivity index (χ2n) is 3.85. The van der Waals surface area contributed by atoms with Gasteiger partial charge in [-0.05, 0) is 12.1 Å². The monoisotopic (exact) mass is 252 g/mol. The zero-order valence-corrected chi connectivity index (χ0v) is 9.33. The van der Waals surface area contributed by atoms with Crippen LogP contribution in [0.4, 0.5) is 24.5 Å². The molecule has 94 valence electrons. The van der Waals surface area contributed by atoms with E-state index in [1.165, 1.54) is 12.1 Å². The molecule has 0 aromatic heterocycles. The summed E-state index contributed by atoms with van der Waals surface area (Å²) in [6.07, 6.45) is -4.47. The Balaban J connectivity index is 2.64. The van der Waals surface area contributed by atoms with E-state index in [1.54, 1.807) is 24.3 Å². The molecule has 2 rings (SSSR count). The van der Waals surface area contributed by atoms with Gasteiger partial charge >= 0.3 is 6.18 Å². The minimum atomic E-state index is -4.47. The summed E-state index contributed by atoms with van der Waals surface area (Å²) >= 11 is 0. The van der Waals surface area contributed by atoms with Crippen molar-refractivity contribution in [2.24, 2.45) is 0 Å². The van der Waals surface area contributed by atoms with E-state index in [0.717, 1.165) is 6.07 Å². The lowest BCUT2D eigenvalue weighted by Gasteiger charge is -2.14. The molecular weight excluding hydrogens is 241 g/mol. The third-order valence-corrected chi connectivity index (χ3v) is 2.66. The standard InChI is InChI=1S/C13H11F3N2/c14-13(15,16)10-6-3-5-9(12(10)18)8-4-1-2-7-11(8)17/h1-7H,17-18H2. The fourth-order valence-corrected chi connectivity index (χ4v) is 1.79. The normalized spacial score (nSPS) is 11.5. The second kappa shape index (κ2) is 4.25. The quantitative estimate of drug-likeness (QED) is 0.763. The molecule has 0 aliphatic carbocycles. The highest BCUT2D eigenvalue weighted by Gasteiger charge is 2.33. The molecule has 5 heteroatoms. The van der Waals surface area contributed by atoms with Crippen LogP contribution in [0.1, 0.15) is 5.56 Å². The van der Waals surface area contributed by atoms with E-state index >= 15 is 0 Å². The topological polar surface area (TPSA) is 52.0 Å². The molecule has 4 N–H and O–H groups in total. The minimum absolute atomic E-state index is 0.294. The Morgan fingerprint density at radius 3 is 2.00 bits per heavy atom. The van der Waals surface area contributed by atoms with E-state index in [0.29, 0.717) is 16.8 Å². The molecule has 0 aliphatic rings. The van der Waals surface area contributed by atoms with Crippen LogP contribution in [0, 0.1) is 0 Å². The average molecular weight is 252 g/mol.